The molecule has 0 aromatic carbocycles. The van der Waals surface area contributed by atoms with Crippen molar-refractivity contribution in [3.05, 3.63) is 36.3 Å². The normalized spacial score (nSPS) is 17.4. The fraction of sp³-hybridized carbons (Fsp3) is 0.467. The highest BCUT2D eigenvalue weighted by Crippen LogP contribution is 2.27. The maximum Gasteiger partial charge on any atom is 0.251 e. The van der Waals surface area contributed by atoms with E-state index < -0.39 is 6.10 Å². The van der Waals surface area contributed by atoms with Gasteiger partial charge in [0.25, 0.3) is 5.91 Å². The third-order valence-electron chi connectivity index (χ3n) is 4.08. The van der Waals surface area contributed by atoms with Crippen molar-refractivity contribution >= 4 is 11.6 Å². The molecule has 0 bridgehead atoms. The highest BCUT2D eigenvalue weighted by molar-refractivity contribution is 5.95. The Morgan fingerprint density at radius 3 is 3.05 bits per heavy atom. The van der Waals surface area contributed by atoms with E-state index in [9.17, 15) is 9.90 Å². The second kappa shape index (κ2) is 5.63. The molecule has 1 amide bonds. The van der Waals surface area contributed by atoms with E-state index in [2.05, 4.69) is 10.3 Å². The average Bonchev–Trinajstić information content (AvgIpc) is 3.13. The molecular weight excluding hydrogens is 254 g/mol. The molecule has 1 aliphatic carbocycles. The van der Waals surface area contributed by atoms with Crippen LogP contribution in [0, 0.1) is 5.92 Å². The Balaban J connectivity index is 1.60. The first-order chi connectivity index (χ1) is 9.74. The summed E-state index contributed by atoms with van der Waals surface area (Å²) in [5.41, 5.74) is 1.32. The van der Waals surface area contributed by atoms with E-state index in [-0.39, 0.29) is 5.91 Å². The Morgan fingerprint density at radius 2 is 2.25 bits per heavy atom. The van der Waals surface area contributed by atoms with Crippen molar-refractivity contribution in [3.63, 3.8) is 0 Å². The molecule has 1 aliphatic rings. The van der Waals surface area contributed by atoms with Crippen LogP contribution in [0.1, 0.15) is 36.0 Å². The van der Waals surface area contributed by atoms with E-state index in [1.807, 2.05) is 16.8 Å². The highest BCUT2D eigenvalue weighted by Gasteiger charge is 2.23. The number of rotatable bonds is 4. The molecule has 1 unspecified atom stereocenters. The number of amides is 1. The number of fused-ring (bicyclic) bond motifs is 1. The first kappa shape index (κ1) is 13.1. The van der Waals surface area contributed by atoms with Gasteiger partial charge < -0.3 is 14.8 Å². The zero-order valence-electron chi connectivity index (χ0n) is 11.3. The van der Waals surface area contributed by atoms with E-state index in [0.29, 0.717) is 18.0 Å². The van der Waals surface area contributed by atoms with Crippen molar-refractivity contribution in [2.75, 3.05) is 6.54 Å². The van der Waals surface area contributed by atoms with Crippen LogP contribution < -0.4 is 5.32 Å². The van der Waals surface area contributed by atoms with Gasteiger partial charge in [-0.05, 0) is 30.9 Å². The minimum Gasteiger partial charge on any atom is -0.391 e. The predicted octanol–water partition coefficient (Wildman–Crippen LogP) is 1.62. The summed E-state index contributed by atoms with van der Waals surface area (Å²) in [5, 5.41) is 12.9. The third kappa shape index (κ3) is 2.67. The van der Waals surface area contributed by atoms with Gasteiger partial charge in [0.1, 0.15) is 5.65 Å². The summed E-state index contributed by atoms with van der Waals surface area (Å²) in [5.74, 6) is 0.178. The lowest BCUT2D eigenvalue weighted by atomic mass is 10.0. The van der Waals surface area contributed by atoms with Crippen LogP contribution in [-0.4, -0.2) is 33.0 Å². The minimum absolute atomic E-state index is 0.160. The molecule has 20 heavy (non-hydrogen) atoms. The van der Waals surface area contributed by atoms with Gasteiger partial charge in [-0.15, -0.1) is 0 Å². The molecular formula is C15H19N3O2. The Morgan fingerprint density at radius 1 is 1.45 bits per heavy atom. The lowest BCUT2D eigenvalue weighted by Crippen LogP contribution is -2.35. The number of nitrogens with zero attached hydrogens (tertiary/aromatic N) is 2. The number of hydrogen-bond donors (Lipinski definition) is 2. The number of nitrogens with one attached hydrogen (secondary N) is 1. The fourth-order valence-electron chi connectivity index (χ4n) is 2.86. The summed E-state index contributed by atoms with van der Waals surface area (Å²) in [6.07, 6.45) is 9.41. The second-order valence-electron chi connectivity index (χ2n) is 5.43. The van der Waals surface area contributed by atoms with Crippen molar-refractivity contribution in [2.45, 2.75) is 31.8 Å². The zero-order chi connectivity index (χ0) is 13.9. The van der Waals surface area contributed by atoms with Crippen molar-refractivity contribution < 1.29 is 9.90 Å². The van der Waals surface area contributed by atoms with E-state index >= 15 is 0 Å². The summed E-state index contributed by atoms with van der Waals surface area (Å²) in [6.45, 7) is 0.323. The van der Waals surface area contributed by atoms with Gasteiger partial charge in [-0.1, -0.05) is 12.8 Å². The number of pyridine rings is 1. The molecule has 2 N–H and O–H groups in total. The number of hydrogen-bond acceptors (Lipinski definition) is 3. The lowest BCUT2D eigenvalue weighted by Gasteiger charge is -2.18. The smallest absolute Gasteiger partial charge is 0.251 e. The minimum atomic E-state index is -0.434. The van der Waals surface area contributed by atoms with Crippen LogP contribution in [0.5, 0.6) is 0 Å². The van der Waals surface area contributed by atoms with Gasteiger partial charge >= 0.3 is 0 Å². The van der Waals surface area contributed by atoms with E-state index in [1.165, 1.54) is 12.8 Å². The quantitative estimate of drug-likeness (QED) is 0.889. The van der Waals surface area contributed by atoms with Crippen LogP contribution in [0.3, 0.4) is 0 Å². The van der Waals surface area contributed by atoms with E-state index in [1.54, 1.807) is 18.3 Å². The molecule has 106 valence electrons. The number of imidazole rings is 1. The first-order valence-corrected chi connectivity index (χ1v) is 7.13. The van der Waals surface area contributed by atoms with Gasteiger partial charge in [0, 0.05) is 30.7 Å². The highest BCUT2D eigenvalue weighted by atomic mass is 16.3. The molecule has 1 atom stereocenters. The molecule has 2 aromatic heterocycles. The van der Waals surface area contributed by atoms with Crippen LogP contribution in [0.4, 0.5) is 0 Å². The van der Waals surface area contributed by atoms with Crippen LogP contribution in [0.15, 0.2) is 30.7 Å². The van der Waals surface area contributed by atoms with E-state index in [4.69, 9.17) is 0 Å². The monoisotopic (exact) mass is 273 g/mol. The van der Waals surface area contributed by atoms with Crippen molar-refractivity contribution in [2.24, 2.45) is 5.92 Å². The van der Waals surface area contributed by atoms with Gasteiger partial charge in [0.2, 0.25) is 0 Å². The first-order valence-electron chi connectivity index (χ1n) is 7.13. The zero-order valence-corrected chi connectivity index (χ0v) is 11.3. The summed E-state index contributed by atoms with van der Waals surface area (Å²) >= 11 is 0. The predicted molar refractivity (Wildman–Crippen MR) is 75.5 cm³/mol. The summed E-state index contributed by atoms with van der Waals surface area (Å²) in [4.78, 5) is 16.2. The maximum atomic E-state index is 12.1. The SMILES string of the molecule is O=C(NCC(O)C1CCCC1)c1ccn2ccnc2c1. The van der Waals surface area contributed by atoms with Gasteiger partial charge in [-0.25, -0.2) is 4.98 Å². The van der Waals surface area contributed by atoms with Gasteiger partial charge in [-0.3, -0.25) is 4.79 Å². The molecule has 0 spiro atoms. The van der Waals surface area contributed by atoms with Crippen LogP contribution >= 0.6 is 0 Å². The van der Waals surface area contributed by atoms with Crippen LogP contribution in [-0.2, 0) is 0 Å². The molecule has 1 fully saturated rings. The van der Waals surface area contributed by atoms with Crippen LogP contribution in [0.2, 0.25) is 0 Å². The molecule has 5 heteroatoms. The van der Waals surface area contributed by atoms with Gasteiger partial charge in [0.15, 0.2) is 0 Å². The molecule has 0 aliphatic heterocycles. The Bertz CT molecular complexity index is 602. The Labute approximate surface area is 117 Å². The van der Waals surface area contributed by atoms with Crippen molar-refractivity contribution in [3.8, 4) is 0 Å². The number of aliphatic hydroxyl groups is 1. The lowest BCUT2D eigenvalue weighted by molar-refractivity contribution is 0.0840. The molecule has 0 saturated heterocycles. The van der Waals surface area contributed by atoms with Crippen molar-refractivity contribution in [1.82, 2.24) is 14.7 Å². The topological polar surface area (TPSA) is 66.6 Å². The number of aromatic nitrogens is 2. The summed E-state index contributed by atoms with van der Waals surface area (Å²) in [7, 11) is 0. The van der Waals surface area contributed by atoms with Crippen LogP contribution in [0.25, 0.3) is 5.65 Å². The summed E-state index contributed by atoms with van der Waals surface area (Å²) in [6, 6.07) is 3.50. The molecule has 3 rings (SSSR count). The third-order valence-corrected chi connectivity index (χ3v) is 4.08. The Hall–Kier alpha value is -1.88. The largest absolute Gasteiger partial charge is 0.391 e. The van der Waals surface area contributed by atoms with Gasteiger partial charge in [-0.2, -0.15) is 0 Å². The van der Waals surface area contributed by atoms with Gasteiger partial charge in [0.05, 0.1) is 6.10 Å². The molecule has 2 heterocycles. The number of carbonyl (C=O) groups excluding carboxylic acids is 1. The molecule has 2 aromatic rings. The molecule has 5 nitrogen and oxygen atoms in total. The Kier molecular flexibility index (Phi) is 3.69. The number of carbonyl (C=O) groups is 1. The van der Waals surface area contributed by atoms with E-state index in [0.717, 1.165) is 18.5 Å². The standard InChI is InChI=1S/C15H19N3O2/c19-13(11-3-1-2-4-11)10-17-15(20)12-5-7-18-8-6-16-14(18)9-12/h5-9,11,13,19H,1-4,10H2,(H,17,20). The number of aliphatic hydroxyl groups excluding tert-OH is 1. The fourth-order valence-corrected chi connectivity index (χ4v) is 2.86. The molecule has 0 radical (unpaired) electrons. The second-order valence-corrected chi connectivity index (χ2v) is 5.43. The van der Waals surface area contributed by atoms with Crippen molar-refractivity contribution in [1.29, 1.82) is 0 Å². The average molecular weight is 273 g/mol. The summed E-state index contributed by atoms with van der Waals surface area (Å²) < 4.78 is 1.85. The maximum absolute atomic E-state index is 12.1. The molecule has 1 saturated carbocycles.